The minimum Gasteiger partial charge on any atom is -0.493 e. The van der Waals surface area contributed by atoms with Crippen molar-refractivity contribution in [2.45, 2.75) is 31.4 Å². The van der Waals surface area contributed by atoms with Crippen molar-refractivity contribution in [2.24, 2.45) is 0 Å². The normalized spacial score (nSPS) is 10.9. The maximum absolute atomic E-state index is 12.7. The molecule has 1 heterocycles. The number of hydrogen-bond donors (Lipinski definition) is 2. The van der Waals surface area contributed by atoms with Crippen molar-refractivity contribution in [3.05, 3.63) is 93.4 Å². The predicted molar refractivity (Wildman–Crippen MR) is 133 cm³/mol. The Morgan fingerprint density at radius 3 is 2.55 bits per heavy atom. The second kappa shape index (κ2) is 9.92. The number of nitrogens with zero attached hydrogens (tertiary/aromatic N) is 1. The van der Waals surface area contributed by atoms with Gasteiger partial charge in [0.05, 0.1) is 23.2 Å². The molecule has 6 nitrogen and oxygen atoms in total. The molecule has 0 saturated carbocycles. The maximum Gasteiger partial charge on any atom is 0.271 e. The number of para-hydroxylation sites is 1. The zero-order valence-electron chi connectivity index (χ0n) is 18.8. The third kappa shape index (κ3) is 5.26. The summed E-state index contributed by atoms with van der Waals surface area (Å²) in [5.41, 5.74) is 5.29. The number of amides is 1. The molecule has 0 unspecified atom stereocenters. The number of anilines is 1. The topological polar surface area (TPSA) is 84.1 Å². The number of thioether (sulfide) groups is 1. The van der Waals surface area contributed by atoms with E-state index in [9.17, 15) is 9.59 Å². The summed E-state index contributed by atoms with van der Waals surface area (Å²) >= 11 is 1.52. The maximum atomic E-state index is 12.7. The zero-order valence-corrected chi connectivity index (χ0v) is 19.6. The molecule has 1 amide bonds. The van der Waals surface area contributed by atoms with Crippen LogP contribution >= 0.6 is 11.8 Å². The number of nitrogens with one attached hydrogen (secondary N) is 2. The van der Waals surface area contributed by atoms with Crippen molar-refractivity contribution in [3.63, 3.8) is 0 Å². The fraction of sp³-hybridized carbons (Fsp3) is 0.192. The number of aryl methyl sites for hydroxylation is 2. The fourth-order valence-corrected chi connectivity index (χ4v) is 4.23. The predicted octanol–water partition coefficient (Wildman–Crippen LogP) is 5.48. The molecule has 33 heavy (non-hydrogen) atoms. The molecule has 0 atom stereocenters. The average molecular weight is 460 g/mol. The summed E-state index contributed by atoms with van der Waals surface area (Å²) in [6.07, 6.45) is 0. The van der Waals surface area contributed by atoms with Gasteiger partial charge in [0, 0.05) is 16.3 Å². The van der Waals surface area contributed by atoms with Gasteiger partial charge in [0.2, 0.25) is 0 Å². The zero-order chi connectivity index (χ0) is 23.4. The third-order valence-corrected chi connectivity index (χ3v) is 6.32. The first-order valence-electron chi connectivity index (χ1n) is 10.7. The lowest BCUT2D eigenvalue weighted by atomic mass is 10.1. The van der Waals surface area contributed by atoms with Gasteiger partial charge in [-0.15, -0.1) is 11.8 Å². The number of benzene rings is 3. The van der Waals surface area contributed by atoms with Crippen molar-refractivity contribution >= 4 is 34.4 Å². The van der Waals surface area contributed by atoms with Crippen LogP contribution in [0.4, 0.5) is 5.69 Å². The number of carbonyl (C=O) groups excluding carboxylic acids is 1. The van der Waals surface area contributed by atoms with E-state index in [2.05, 4.69) is 15.3 Å². The molecule has 0 saturated heterocycles. The molecule has 168 valence electrons. The molecular formula is C26H25N3O3S. The van der Waals surface area contributed by atoms with E-state index in [1.807, 2.05) is 69.3 Å². The highest BCUT2D eigenvalue weighted by Gasteiger charge is 2.12. The Kier molecular flexibility index (Phi) is 6.79. The quantitative estimate of drug-likeness (QED) is 0.357. The van der Waals surface area contributed by atoms with Crippen LogP contribution in [-0.2, 0) is 5.75 Å². The van der Waals surface area contributed by atoms with E-state index in [1.54, 1.807) is 12.1 Å². The van der Waals surface area contributed by atoms with Crippen molar-refractivity contribution in [1.29, 1.82) is 0 Å². The minimum absolute atomic E-state index is 0.171. The largest absolute Gasteiger partial charge is 0.493 e. The third-order valence-electron chi connectivity index (χ3n) is 5.30. The van der Waals surface area contributed by atoms with Gasteiger partial charge in [0.1, 0.15) is 11.4 Å². The molecule has 0 aliphatic heterocycles. The van der Waals surface area contributed by atoms with Gasteiger partial charge < -0.3 is 15.0 Å². The Balaban J connectivity index is 1.43. The summed E-state index contributed by atoms with van der Waals surface area (Å²) in [6.45, 7) is 6.42. The highest BCUT2D eigenvalue weighted by Crippen LogP contribution is 2.25. The van der Waals surface area contributed by atoms with Crippen LogP contribution in [0, 0.1) is 13.8 Å². The van der Waals surface area contributed by atoms with E-state index in [1.165, 1.54) is 11.8 Å². The molecule has 7 heteroatoms. The highest BCUT2D eigenvalue weighted by molar-refractivity contribution is 7.98. The first-order valence-corrected chi connectivity index (χ1v) is 11.7. The average Bonchev–Trinajstić information content (AvgIpc) is 2.80. The van der Waals surface area contributed by atoms with Crippen molar-refractivity contribution in [2.75, 3.05) is 11.9 Å². The van der Waals surface area contributed by atoms with Crippen LogP contribution in [0.1, 0.15) is 34.1 Å². The number of carbonyl (C=O) groups is 1. The molecule has 2 N–H and O–H groups in total. The molecule has 0 bridgehead atoms. The smallest absolute Gasteiger partial charge is 0.271 e. The van der Waals surface area contributed by atoms with Gasteiger partial charge in [0.15, 0.2) is 0 Å². The van der Waals surface area contributed by atoms with Gasteiger partial charge >= 0.3 is 0 Å². The number of aromatic amines is 1. The second-order valence-electron chi connectivity index (χ2n) is 7.66. The number of fused-ring (bicyclic) bond motifs is 1. The molecule has 4 rings (SSSR count). The number of rotatable bonds is 7. The summed E-state index contributed by atoms with van der Waals surface area (Å²) in [7, 11) is 0. The standard InChI is InChI=1S/C26H25N3O3S/c1-4-32-24-8-6-5-7-20(24)25(30)27-18-9-11-19(12-10-18)33-15-23-26(31)29-22-14-17(3)16(2)13-21(22)28-23/h5-14H,4,15H2,1-3H3,(H,27,30)(H,29,31). The lowest BCUT2D eigenvalue weighted by Gasteiger charge is -2.11. The summed E-state index contributed by atoms with van der Waals surface area (Å²) in [5.74, 6) is 0.783. The SMILES string of the molecule is CCOc1ccccc1C(=O)Nc1ccc(SCc2nc3cc(C)c(C)cc3[nH]c2=O)cc1. The van der Waals surface area contributed by atoms with E-state index in [0.717, 1.165) is 27.1 Å². The first-order chi connectivity index (χ1) is 15.9. The summed E-state index contributed by atoms with van der Waals surface area (Å²) in [4.78, 5) is 33.6. The Labute approximate surface area is 196 Å². The summed E-state index contributed by atoms with van der Waals surface area (Å²) in [5, 5.41) is 2.90. The lowest BCUT2D eigenvalue weighted by molar-refractivity contribution is 0.102. The molecule has 0 spiro atoms. The number of ether oxygens (including phenoxy) is 1. The van der Waals surface area contributed by atoms with Crippen molar-refractivity contribution in [3.8, 4) is 5.75 Å². The van der Waals surface area contributed by atoms with Gasteiger partial charge in [-0.3, -0.25) is 9.59 Å². The van der Waals surface area contributed by atoms with E-state index in [-0.39, 0.29) is 11.5 Å². The van der Waals surface area contributed by atoms with Crippen LogP contribution < -0.4 is 15.6 Å². The fourth-order valence-electron chi connectivity index (χ4n) is 3.40. The lowest BCUT2D eigenvalue weighted by Crippen LogP contribution is -2.14. The van der Waals surface area contributed by atoms with Gasteiger partial charge in [-0.1, -0.05) is 12.1 Å². The first kappa shape index (κ1) is 22.6. The van der Waals surface area contributed by atoms with Crippen LogP contribution in [0.15, 0.2) is 70.4 Å². The van der Waals surface area contributed by atoms with Crippen LogP contribution in [0.2, 0.25) is 0 Å². The monoisotopic (exact) mass is 459 g/mol. The van der Waals surface area contributed by atoms with Crippen LogP contribution in [0.5, 0.6) is 5.75 Å². The van der Waals surface area contributed by atoms with E-state index in [0.29, 0.717) is 35.1 Å². The molecule has 3 aromatic carbocycles. The Bertz CT molecular complexity index is 1360. The minimum atomic E-state index is -0.225. The number of aromatic nitrogens is 2. The van der Waals surface area contributed by atoms with Crippen LogP contribution in [-0.4, -0.2) is 22.5 Å². The summed E-state index contributed by atoms with van der Waals surface area (Å²) < 4.78 is 5.54. The van der Waals surface area contributed by atoms with Gasteiger partial charge in [-0.05, 0) is 80.4 Å². The molecule has 0 aliphatic rings. The number of hydrogen-bond acceptors (Lipinski definition) is 5. The van der Waals surface area contributed by atoms with E-state index < -0.39 is 0 Å². The van der Waals surface area contributed by atoms with Crippen molar-refractivity contribution < 1.29 is 9.53 Å². The van der Waals surface area contributed by atoms with E-state index in [4.69, 9.17) is 4.74 Å². The molecule has 0 fully saturated rings. The van der Waals surface area contributed by atoms with Gasteiger partial charge in [0.25, 0.3) is 11.5 Å². The van der Waals surface area contributed by atoms with Gasteiger partial charge in [-0.25, -0.2) is 4.98 Å². The number of H-pyrrole nitrogens is 1. The molecule has 0 aliphatic carbocycles. The molecule has 0 radical (unpaired) electrons. The molecule has 1 aromatic heterocycles. The Morgan fingerprint density at radius 1 is 1.06 bits per heavy atom. The molecule has 4 aromatic rings. The van der Waals surface area contributed by atoms with Crippen molar-refractivity contribution in [1.82, 2.24) is 9.97 Å². The Hall–Kier alpha value is -3.58. The second-order valence-corrected chi connectivity index (χ2v) is 8.71. The van der Waals surface area contributed by atoms with Gasteiger partial charge in [-0.2, -0.15) is 0 Å². The van der Waals surface area contributed by atoms with E-state index >= 15 is 0 Å². The van der Waals surface area contributed by atoms with Crippen LogP contribution in [0.25, 0.3) is 11.0 Å². The highest BCUT2D eigenvalue weighted by atomic mass is 32.2. The molecular weight excluding hydrogens is 434 g/mol. The van der Waals surface area contributed by atoms with Crippen LogP contribution in [0.3, 0.4) is 0 Å². The summed E-state index contributed by atoms with van der Waals surface area (Å²) in [6, 6.07) is 18.6. The Morgan fingerprint density at radius 2 is 1.79 bits per heavy atom.